The van der Waals surface area contributed by atoms with Crippen molar-refractivity contribution in [1.29, 1.82) is 0 Å². The van der Waals surface area contributed by atoms with Crippen molar-refractivity contribution in [3.05, 3.63) is 23.8 Å². The van der Waals surface area contributed by atoms with Crippen LogP contribution in [0, 0.1) is 0 Å². The van der Waals surface area contributed by atoms with Gasteiger partial charge in [0, 0.05) is 5.56 Å². The first-order chi connectivity index (χ1) is 12.3. The van der Waals surface area contributed by atoms with E-state index in [0.29, 0.717) is 0 Å². The maximum absolute atomic E-state index is 12.1. The van der Waals surface area contributed by atoms with Crippen molar-refractivity contribution in [2.45, 2.75) is 37.1 Å². The van der Waals surface area contributed by atoms with Gasteiger partial charge in [-0.3, -0.25) is 4.79 Å². The van der Waals surface area contributed by atoms with Gasteiger partial charge in [-0.25, -0.2) is 9.79 Å². The number of carboxylic acids is 1. The van der Waals surface area contributed by atoms with Gasteiger partial charge in [-0.15, -0.1) is 0 Å². The molecule has 0 bridgehead atoms. The Hall–Kier alpha value is -2.37. The standard InChI is InChI=1S/C16H17NO9/c18-5-10-12(20)13(21)14(22)16(26-10)25-9-3-1-2-6-8(19)4-7(15(23)24)17-11(6)9/h1-3,10,12-14,16,18,20-22H,4-5H2,(H,23,24). The average Bonchev–Trinajstić information content (AvgIpc) is 2.62. The molecule has 0 aromatic heterocycles. The molecule has 3 rings (SSSR count). The number of fused-ring (bicyclic) bond motifs is 1. The summed E-state index contributed by atoms with van der Waals surface area (Å²) in [6.07, 6.45) is -7.82. The number of aliphatic hydroxyl groups is 4. The van der Waals surface area contributed by atoms with Crippen molar-refractivity contribution in [2.24, 2.45) is 4.99 Å². The van der Waals surface area contributed by atoms with Crippen LogP contribution in [-0.4, -0.2) is 80.3 Å². The summed E-state index contributed by atoms with van der Waals surface area (Å²) >= 11 is 0. The molecule has 1 fully saturated rings. The molecule has 2 heterocycles. The number of carbonyl (C=O) groups is 2. The normalized spacial score (nSPS) is 31.2. The van der Waals surface area contributed by atoms with Crippen molar-refractivity contribution < 1.29 is 44.6 Å². The first-order valence-corrected chi connectivity index (χ1v) is 7.77. The van der Waals surface area contributed by atoms with Crippen LogP contribution in [0.3, 0.4) is 0 Å². The van der Waals surface area contributed by atoms with Crippen molar-refractivity contribution in [1.82, 2.24) is 0 Å². The van der Waals surface area contributed by atoms with Gasteiger partial charge in [0.1, 0.15) is 41.6 Å². The van der Waals surface area contributed by atoms with E-state index in [1.54, 1.807) is 0 Å². The van der Waals surface area contributed by atoms with E-state index in [-0.39, 0.29) is 29.1 Å². The number of aliphatic hydroxyl groups excluding tert-OH is 4. The summed E-state index contributed by atoms with van der Waals surface area (Å²) in [5, 5.41) is 47.9. The van der Waals surface area contributed by atoms with E-state index in [9.17, 15) is 30.0 Å². The highest BCUT2D eigenvalue weighted by Gasteiger charge is 2.45. The lowest BCUT2D eigenvalue weighted by Gasteiger charge is -2.39. The van der Waals surface area contributed by atoms with E-state index in [1.807, 2.05) is 0 Å². The van der Waals surface area contributed by atoms with Gasteiger partial charge in [-0.1, -0.05) is 6.07 Å². The molecule has 1 saturated heterocycles. The smallest absolute Gasteiger partial charge is 0.350 e. The molecule has 0 saturated carbocycles. The van der Waals surface area contributed by atoms with Gasteiger partial charge in [0.25, 0.3) is 0 Å². The van der Waals surface area contributed by atoms with E-state index in [2.05, 4.69) is 4.99 Å². The SMILES string of the molecule is O=C(O)C1=Nc2c(OC3OC(CO)C(O)C(O)C3O)cccc2C(=O)C1. The molecule has 5 unspecified atom stereocenters. The highest BCUT2D eigenvalue weighted by molar-refractivity contribution is 6.42. The Bertz CT molecular complexity index is 760. The molecule has 0 aliphatic carbocycles. The summed E-state index contributed by atoms with van der Waals surface area (Å²) in [6.45, 7) is -0.627. The van der Waals surface area contributed by atoms with Gasteiger partial charge >= 0.3 is 5.97 Å². The maximum atomic E-state index is 12.1. The highest BCUT2D eigenvalue weighted by Crippen LogP contribution is 2.37. The Balaban J connectivity index is 1.93. The summed E-state index contributed by atoms with van der Waals surface area (Å²) in [6, 6.07) is 4.33. The van der Waals surface area contributed by atoms with Gasteiger partial charge in [0.05, 0.1) is 13.0 Å². The Labute approximate surface area is 146 Å². The Morgan fingerprint density at radius 3 is 2.62 bits per heavy atom. The lowest BCUT2D eigenvalue weighted by molar-refractivity contribution is -0.277. The quantitative estimate of drug-likeness (QED) is 0.430. The number of para-hydroxylation sites is 1. The van der Waals surface area contributed by atoms with E-state index >= 15 is 0 Å². The number of rotatable bonds is 4. The number of hydrogen-bond donors (Lipinski definition) is 5. The minimum Gasteiger partial charge on any atom is -0.477 e. The van der Waals surface area contributed by atoms with Crippen LogP contribution in [0.25, 0.3) is 0 Å². The molecular weight excluding hydrogens is 350 g/mol. The zero-order chi connectivity index (χ0) is 19.0. The molecule has 1 aromatic rings. The maximum Gasteiger partial charge on any atom is 0.350 e. The number of carbonyl (C=O) groups excluding carboxylic acids is 1. The summed E-state index contributed by atoms with van der Waals surface area (Å²) < 4.78 is 10.7. The summed E-state index contributed by atoms with van der Waals surface area (Å²) in [7, 11) is 0. The number of aliphatic imine (C=N–C) groups is 1. The minimum atomic E-state index is -1.65. The third kappa shape index (κ3) is 3.20. The molecule has 5 N–H and O–H groups in total. The molecule has 10 nitrogen and oxygen atoms in total. The molecule has 0 amide bonds. The first kappa shape index (κ1) is 18.4. The predicted octanol–water partition coefficient (Wildman–Crippen LogP) is -1.39. The van der Waals surface area contributed by atoms with E-state index in [0.717, 1.165) is 0 Å². The van der Waals surface area contributed by atoms with E-state index < -0.39 is 49.1 Å². The second kappa shape index (κ2) is 7.09. The molecular formula is C16H17NO9. The van der Waals surface area contributed by atoms with Gasteiger partial charge in [-0.2, -0.15) is 0 Å². The van der Waals surface area contributed by atoms with Crippen molar-refractivity contribution >= 4 is 23.2 Å². The molecule has 1 aromatic carbocycles. The fraction of sp³-hybridized carbons (Fsp3) is 0.438. The lowest BCUT2D eigenvalue weighted by Crippen LogP contribution is -2.60. The van der Waals surface area contributed by atoms with Crippen LogP contribution in [0.5, 0.6) is 5.75 Å². The number of carboxylic acid groups (broad SMARTS) is 1. The summed E-state index contributed by atoms with van der Waals surface area (Å²) in [5.41, 5.74) is -0.234. The van der Waals surface area contributed by atoms with Gasteiger partial charge in [-0.05, 0) is 12.1 Å². The first-order valence-electron chi connectivity index (χ1n) is 7.77. The molecule has 140 valence electrons. The number of benzene rings is 1. The van der Waals surface area contributed by atoms with Crippen LogP contribution in [0.4, 0.5) is 5.69 Å². The lowest BCUT2D eigenvalue weighted by atomic mass is 9.98. The Morgan fingerprint density at radius 1 is 1.23 bits per heavy atom. The second-order valence-corrected chi connectivity index (χ2v) is 5.93. The van der Waals surface area contributed by atoms with Crippen molar-refractivity contribution in [2.75, 3.05) is 6.61 Å². The van der Waals surface area contributed by atoms with Crippen LogP contribution in [0.1, 0.15) is 16.8 Å². The second-order valence-electron chi connectivity index (χ2n) is 5.93. The average molecular weight is 367 g/mol. The van der Waals surface area contributed by atoms with Crippen LogP contribution < -0.4 is 4.74 Å². The van der Waals surface area contributed by atoms with Gasteiger partial charge in [0.15, 0.2) is 5.78 Å². The number of Topliss-reactive ketones (excluding diaryl/α,β-unsaturated/α-hetero) is 1. The van der Waals surface area contributed by atoms with Crippen LogP contribution in [0.2, 0.25) is 0 Å². The Morgan fingerprint density at radius 2 is 1.96 bits per heavy atom. The topological polar surface area (TPSA) is 166 Å². The van der Waals surface area contributed by atoms with Crippen LogP contribution in [0.15, 0.2) is 23.2 Å². The number of aliphatic carboxylic acids is 1. The van der Waals surface area contributed by atoms with Crippen LogP contribution in [-0.2, 0) is 9.53 Å². The number of nitrogens with zero attached hydrogens (tertiary/aromatic N) is 1. The Kier molecular flexibility index (Phi) is 5.03. The van der Waals surface area contributed by atoms with Crippen molar-refractivity contribution in [3.8, 4) is 5.75 Å². The summed E-state index contributed by atoms with van der Waals surface area (Å²) in [4.78, 5) is 27.2. The molecule has 10 heteroatoms. The molecule has 0 radical (unpaired) electrons. The third-order valence-corrected chi connectivity index (χ3v) is 4.21. The van der Waals surface area contributed by atoms with Crippen LogP contribution >= 0.6 is 0 Å². The van der Waals surface area contributed by atoms with Crippen molar-refractivity contribution in [3.63, 3.8) is 0 Å². The van der Waals surface area contributed by atoms with E-state index in [1.165, 1.54) is 18.2 Å². The number of ether oxygens (including phenoxy) is 2. The summed E-state index contributed by atoms with van der Waals surface area (Å²) in [5.74, 6) is -1.84. The third-order valence-electron chi connectivity index (χ3n) is 4.21. The molecule has 5 atom stereocenters. The molecule has 0 spiro atoms. The van der Waals surface area contributed by atoms with E-state index in [4.69, 9.17) is 14.6 Å². The minimum absolute atomic E-state index is 0.0295. The fourth-order valence-electron chi connectivity index (χ4n) is 2.79. The van der Waals surface area contributed by atoms with Gasteiger partial charge in [0.2, 0.25) is 6.29 Å². The monoisotopic (exact) mass is 367 g/mol. The number of ketones is 1. The molecule has 26 heavy (non-hydrogen) atoms. The fourth-order valence-corrected chi connectivity index (χ4v) is 2.79. The highest BCUT2D eigenvalue weighted by atomic mass is 16.7. The molecule has 2 aliphatic heterocycles. The van der Waals surface area contributed by atoms with Gasteiger partial charge < -0.3 is 35.0 Å². The predicted molar refractivity (Wildman–Crippen MR) is 84.5 cm³/mol. The zero-order valence-electron chi connectivity index (χ0n) is 13.3. The largest absolute Gasteiger partial charge is 0.477 e. The molecule has 2 aliphatic rings. The number of hydrogen-bond acceptors (Lipinski definition) is 9. The zero-order valence-corrected chi connectivity index (χ0v) is 13.3.